The van der Waals surface area contributed by atoms with Crippen LogP contribution in [0.3, 0.4) is 0 Å². The highest BCUT2D eigenvalue weighted by Crippen LogP contribution is 2.18. The van der Waals surface area contributed by atoms with Crippen LogP contribution in [0.2, 0.25) is 0 Å². The fourth-order valence-corrected chi connectivity index (χ4v) is 2.49. The molecule has 1 N–H and O–H groups in total. The molecule has 0 aliphatic rings. The molecule has 134 valence electrons. The molecule has 0 aliphatic heterocycles. The average molecular weight is 344 g/mol. The molecule has 5 heteroatoms. The molecule has 0 fully saturated rings. The van der Waals surface area contributed by atoms with Gasteiger partial charge in [0.05, 0.1) is 6.04 Å². The van der Waals surface area contributed by atoms with E-state index in [-0.39, 0.29) is 24.4 Å². The summed E-state index contributed by atoms with van der Waals surface area (Å²) in [6, 6.07) is 13.6. The molecule has 0 aromatic heterocycles. The van der Waals surface area contributed by atoms with E-state index in [1.807, 2.05) is 50.2 Å². The third kappa shape index (κ3) is 6.55. The molecular formula is C20H25FN2O2. The molecule has 0 spiro atoms. The summed E-state index contributed by atoms with van der Waals surface area (Å²) in [5.74, 6) is 0.181. The van der Waals surface area contributed by atoms with Gasteiger partial charge in [0.2, 0.25) is 0 Å². The average Bonchev–Trinajstić information content (AvgIpc) is 2.57. The maximum absolute atomic E-state index is 13.2. The fourth-order valence-electron chi connectivity index (χ4n) is 2.49. The van der Waals surface area contributed by atoms with Gasteiger partial charge in [-0.05, 0) is 69.4 Å². The number of hydrogen-bond acceptors (Lipinski definition) is 3. The van der Waals surface area contributed by atoms with Gasteiger partial charge in [-0.2, -0.15) is 0 Å². The maximum atomic E-state index is 13.2. The number of halogens is 1. The summed E-state index contributed by atoms with van der Waals surface area (Å²) < 4.78 is 18.7. The van der Waals surface area contributed by atoms with E-state index in [1.165, 1.54) is 12.1 Å². The lowest BCUT2D eigenvalue weighted by Gasteiger charge is -2.21. The zero-order valence-corrected chi connectivity index (χ0v) is 15.0. The normalized spacial score (nSPS) is 12.0. The van der Waals surface area contributed by atoms with Crippen LogP contribution in [0.25, 0.3) is 0 Å². The fraction of sp³-hybridized carbons (Fsp3) is 0.350. The zero-order chi connectivity index (χ0) is 18.2. The van der Waals surface area contributed by atoms with Crippen molar-refractivity contribution in [3.8, 4) is 5.75 Å². The van der Waals surface area contributed by atoms with Crippen molar-refractivity contribution in [1.82, 2.24) is 10.2 Å². The van der Waals surface area contributed by atoms with Gasteiger partial charge >= 0.3 is 0 Å². The van der Waals surface area contributed by atoms with Crippen molar-refractivity contribution in [3.63, 3.8) is 0 Å². The Labute approximate surface area is 148 Å². The minimum absolute atomic E-state index is 0.0525. The van der Waals surface area contributed by atoms with Gasteiger partial charge in [-0.3, -0.25) is 4.79 Å². The number of benzene rings is 2. The van der Waals surface area contributed by atoms with Crippen LogP contribution in [-0.4, -0.2) is 38.1 Å². The topological polar surface area (TPSA) is 41.6 Å². The summed E-state index contributed by atoms with van der Waals surface area (Å²) in [7, 11) is 3.95. The molecule has 4 nitrogen and oxygen atoms in total. The first-order valence-corrected chi connectivity index (χ1v) is 8.33. The second-order valence-electron chi connectivity index (χ2n) is 6.37. The number of rotatable bonds is 8. The van der Waals surface area contributed by atoms with Crippen molar-refractivity contribution in [2.45, 2.75) is 19.4 Å². The van der Waals surface area contributed by atoms with E-state index in [0.717, 1.165) is 24.1 Å². The Morgan fingerprint density at radius 2 is 1.92 bits per heavy atom. The third-order valence-electron chi connectivity index (χ3n) is 3.83. The molecule has 2 aromatic rings. The van der Waals surface area contributed by atoms with Crippen LogP contribution in [0.5, 0.6) is 5.75 Å². The molecule has 0 aliphatic carbocycles. The number of nitrogens with zero attached hydrogens (tertiary/aromatic N) is 1. The largest absolute Gasteiger partial charge is 0.484 e. The van der Waals surface area contributed by atoms with Gasteiger partial charge in [-0.15, -0.1) is 0 Å². The van der Waals surface area contributed by atoms with Gasteiger partial charge < -0.3 is 15.0 Å². The molecule has 0 bridgehead atoms. The number of nitrogens with one attached hydrogen (secondary N) is 1. The van der Waals surface area contributed by atoms with Crippen LogP contribution < -0.4 is 10.1 Å². The molecule has 0 saturated carbocycles. The molecule has 1 atom stereocenters. The van der Waals surface area contributed by atoms with Gasteiger partial charge in [-0.1, -0.05) is 24.3 Å². The number of amides is 1. The lowest BCUT2D eigenvalue weighted by molar-refractivity contribution is -0.123. The minimum Gasteiger partial charge on any atom is -0.484 e. The number of hydrogen-bond donors (Lipinski definition) is 1. The summed E-state index contributed by atoms with van der Waals surface area (Å²) in [5, 5.41) is 2.98. The quantitative estimate of drug-likeness (QED) is 0.799. The first-order valence-electron chi connectivity index (χ1n) is 8.33. The molecule has 2 rings (SSSR count). The van der Waals surface area contributed by atoms with E-state index in [9.17, 15) is 9.18 Å². The number of carbonyl (C=O) groups excluding carboxylic acids is 1. The molecule has 0 heterocycles. The second kappa shape index (κ2) is 9.18. The Morgan fingerprint density at radius 3 is 2.56 bits per heavy atom. The molecule has 0 radical (unpaired) electrons. The monoisotopic (exact) mass is 344 g/mol. The van der Waals surface area contributed by atoms with Crippen LogP contribution in [0, 0.1) is 12.7 Å². The Morgan fingerprint density at radius 1 is 1.20 bits per heavy atom. The molecule has 1 unspecified atom stereocenters. The predicted molar refractivity (Wildman–Crippen MR) is 97.1 cm³/mol. The van der Waals surface area contributed by atoms with Gasteiger partial charge in [0, 0.05) is 0 Å². The van der Waals surface area contributed by atoms with Gasteiger partial charge in [0.15, 0.2) is 6.61 Å². The van der Waals surface area contributed by atoms with Crippen molar-refractivity contribution in [3.05, 3.63) is 65.5 Å². The summed E-state index contributed by atoms with van der Waals surface area (Å²) in [4.78, 5) is 14.3. The van der Waals surface area contributed by atoms with E-state index in [1.54, 1.807) is 12.1 Å². The van der Waals surface area contributed by atoms with Crippen LogP contribution in [0.1, 0.15) is 23.6 Å². The van der Waals surface area contributed by atoms with Gasteiger partial charge in [0.25, 0.3) is 5.91 Å². The summed E-state index contributed by atoms with van der Waals surface area (Å²) >= 11 is 0. The highest BCUT2D eigenvalue weighted by molar-refractivity contribution is 5.78. The number of aryl methyl sites for hydroxylation is 1. The van der Waals surface area contributed by atoms with Crippen LogP contribution in [0.15, 0.2) is 48.5 Å². The first-order chi connectivity index (χ1) is 11.9. The first kappa shape index (κ1) is 18.9. The predicted octanol–water partition coefficient (Wildman–Crippen LogP) is 3.32. The van der Waals surface area contributed by atoms with E-state index >= 15 is 0 Å². The van der Waals surface area contributed by atoms with Crippen molar-refractivity contribution in [2.24, 2.45) is 0 Å². The molecule has 1 amide bonds. The highest BCUT2D eigenvalue weighted by Gasteiger charge is 2.15. The van der Waals surface area contributed by atoms with Crippen LogP contribution in [-0.2, 0) is 4.79 Å². The lowest BCUT2D eigenvalue weighted by atomic mass is 10.0. The van der Waals surface area contributed by atoms with E-state index in [0.29, 0.717) is 5.75 Å². The van der Waals surface area contributed by atoms with Crippen molar-refractivity contribution >= 4 is 5.91 Å². The summed E-state index contributed by atoms with van der Waals surface area (Å²) in [6.45, 7) is 2.73. The Balaban J connectivity index is 1.97. The van der Waals surface area contributed by atoms with E-state index in [4.69, 9.17) is 4.74 Å². The van der Waals surface area contributed by atoms with Crippen molar-refractivity contribution in [1.29, 1.82) is 0 Å². The van der Waals surface area contributed by atoms with Crippen molar-refractivity contribution in [2.75, 3.05) is 27.2 Å². The SMILES string of the molecule is Cc1cccc(OCC(=O)NC(CCN(C)C)c2ccc(F)cc2)c1. The Hall–Kier alpha value is -2.40. The van der Waals surface area contributed by atoms with Crippen molar-refractivity contribution < 1.29 is 13.9 Å². The summed E-state index contributed by atoms with van der Waals surface area (Å²) in [6.07, 6.45) is 0.731. The van der Waals surface area contributed by atoms with E-state index < -0.39 is 0 Å². The zero-order valence-electron chi connectivity index (χ0n) is 15.0. The maximum Gasteiger partial charge on any atom is 0.258 e. The second-order valence-corrected chi connectivity index (χ2v) is 6.37. The number of carbonyl (C=O) groups is 1. The van der Waals surface area contributed by atoms with Gasteiger partial charge in [0.1, 0.15) is 11.6 Å². The minimum atomic E-state index is -0.288. The Kier molecular flexibility index (Phi) is 6.95. The Bertz CT molecular complexity index is 686. The molecule has 0 saturated heterocycles. The third-order valence-corrected chi connectivity index (χ3v) is 3.83. The smallest absolute Gasteiger partial charge is 0.258 e. The standard InChI is InChI=1S/C20H25FN2O2/c1-15-5-4-6-18(13-15)25-14-20(24)22-19(11-12-23(2)3)16-7-9-17(21)10-8-16/h4-10,13,19H,11-12,14H2,1-3H3,(H,22,24). The number of ether oxygens (including phenoxy) is 1. The van der Waals surface area contributed by atoms with E-state index in [2.05, 4.69) is 5.32 Å². The lowest BCUT2D eigenvalue weighted by Crippen LogP contribution is -2.34. The summed E-state index contributed by atoms with van der Waals surface area (Å²) in [5.41, 5.74) is 1.96. The highest BCUT2D eigenvalue weighted by atomic mass is 19.1. The van der Waals surface area contributed by atoms with Gasteiger partial charge in [-0.25, -0.2) is 4.39 Å². The molecule has 2 aromatic carbocycles. The molecule has 25 heavy (non-hydrogen) atoms. The molecular weight excluding hydrogens is 319 g/mol. The van der Waals surface area contributed by atoms with Crippen LogP contribution in [0.4, 0.5) is 4.39 Å². The van der Waals surface area contributed by atoms with Crippen LogP contribution >= 0.6 is 0 Å².